The van der Waals surface area contributed by atoms with Gasteiger partial charge in [-0.2, -0.15) is 0 Å². The summed E-state index contributed by atoms with van der Waals surface area (Å²) in [5, 5.41) is 5.15. The maximum atomic E-state index is 12.1. The second-order valence-corrected chi connectivity index (χ2v) is 6.52. The lowest BCUT2D eigenvalue weighted by Crippen LogP contribution is -2.17. The van der Waals surface area contributed by atoms with Crippen molar-refractivity contribution in [1.29, 1.82) is 0 Å². The maximum absolute atomic E-state index is 12.1. The molecule has 0 saturated heterocycles. The van der Waals surface area contributed by atoms with Crippen LogP contribution in [-0.4, -0.2) is 30.5 Å². The second-order valence-electron chi connectivity index (χ2n) is 5.64. The molecule has 0 aliphatic rings. The van der Waals surface area contributed by atoms with Gasteiger partial charge in [0.1, 0.15) is 18.2 Å². The number of amides is 1. The third kappa shape index (κ3) is 3.85. The van der Waals surface area contributed by atoms with Crippen LogP contribution in [0, 0.1) is 0 Å². The Morgan fingerprint density at radius 1 is 1.33 bits per heavy atom. The van der Waals surface area contributed by atoms with E-state index in [2.05, 4.69) is 10.3 Å². The molecule has 7 nitrogen and oxygen atoms in total. The first-order valence-electron chi connectivity index (χ1n) is 8.31. The molecule has 0 fully saturated rings. The van der Waals surface area contributed by atoms with E-state index in [0.717, 1.165) is 10.3 Å². The van der Waals surface area contributed by atoms with E-state index in [1.54, 1.807) is 38.2 Å². The summed E-state index contributed by atoms with van der Waals surface area (Å²) in [6, 6.07) is 6.89. The Morgan fingerprint density at radius 2 is 2.15 bits per heavy atom. The average molecular weight is 385 g/mol. The van der Waals surface area contributed by atoms with Crippen LogP contribution in [0.1, 0.15) is 33.2 Å². The Labute approximate surface area is 160 Å². The fourth-order valence-electron chi connectivity index (χ4n) is 2.62. The Bertz CT molecular complexity index is 1000. The molecule has 27 heavy (non-hydrogen) atoms. The molecule has 2 heterocycles. The lowest BCUT2D eigenvalue weighted by Gasteiger charge is -2.09. The number of fused-ring (bicyclic) bond motifs is 1. The van der Waals surface area contributed by atoms with Gasteiger partial charge < -0.3 is 20.5 Å². The number of nitrogen functional groups attached to an aromatic ring is 1. The van der Waals surface area contributed by atoms with Gasteiger partial charge in [-0.05, 0) is 30.5 Å². The number of aromatic nitrogens is 1. The average Bonchev–Trinajstić information content (AvgIpc) is 3.11. The monoisotopic (exact) mass is 385 g/mol. The van der Waals surface area contributed by atoms with E-state index in [-0.39, 0.29) is 19.1 Å². The van der Waals surface area contributed by atoms with Gasteiger partial charge in [0, 0.05) is 29.8 Å². The minimum absolute atomic E-state index is 0.186. The third-order valence-corrected chi connectivity index (χ3v) is 4.98. The Kier molecular flexibility index (Phi) is 5.56. The van der Waals surface area contributed by atoms with Crippen LogP contribution < -0.4 is 15.8 Å². The van der Waals surface area contributed by atoms with Crippen LogP contribution in [0.5, 0.6) is 5.75 Å². The first kappa shape index (κ1) is 18.7. The van der Waals surface area contributed by atoms with E-state index in [1.807, 2.05) is 5.38 Å². The zero-order valence-corrected chi connectivity index (χ0v) is 15.8. The molecule has 0 radical (unpaired) electrons. The number of benzene rings is 1. The Balaban J connectivity index is 1.87. The van der Waals surface area contributed by atoms with Crippen LogP contribution in [0.15, 0.2) is 35.8 Å². The fraction of sp³-hybridized carbons (Fsp3) is 0.211. The lowest BCUT2D eigenvalue weighted by molar-refractivity contribution is 0.0528. The van der Waals surface area contributed by atoms with Gasteiger partial charge in [-0.25, -0.2) is 9.78 Å². The molecule has 0 spiro atoms. The van der Waals surface area contributed by atoms with Gasteiger partial charge in [-0.3, -0.25) is 4.79 Å². The molecule has 140 valence electrons. The minimum atomic E-state index is -0.428. The molecule has 0 atom stereocenters. The number of rotatable bonds is 6. The van der Waals surface area contributed by atoms with E-state index in [9.17, 15) is 9.59 Å². The summed E-state index contributed by atoms with van der Waals surface area (Å²) in [6.07, 6.45) is 1.43. The van der Waals surface area contributed by atoms with E-state index >= 15 is 0 Å². The number of hydrogen-bond acceptors (Lipinski definition) is 7. The molecule has 0 unspecified atom stereocenters. The molecule has 1 aromatic carbocycles. The van der Waals surface area contributed by atoms with Gasteiger partial charge in [0.25, 0.3) is 5.91 Å². The van der Waals surface area contributed by atoms with Gasteiger partial charge in [0.2, 0.25) is 0 Å². The molecule has 0 bridgehead atoms. The van der Waals surface area contributed by atoms with E-state index in [0.29, 0.717) is 28.1 Å². The van der Waals surface area contributed by atoms with Gasteiger partial charge in [-0.15, -0.1) is 11.3 Å². The molecular formula is C19H19N3O4S. The number of esters is 1. The highest BCUT2D eigenvalue weighted by molar-refractivity contribution is 7.17. The van der Waals surface area contributed by atoms with Crippen molar-refractivity contribution in [2.75, 3.05) is 19.4 Å². The van der Waals surface area contributed by atoms with Crippen molar-refractivity contribution >= 4 is 39.1 Å². The topological polar surface area (TPSA) is 104 Å². The van der Waals surface area contributed by atoms with E-state index in [4.69, 9.17) is 15.2 Å². The summed E-state index contributed by atoms with van der Waals surface area (Å²) in [7, 11) is 1.57. The normalized spacial score (nSPS) is 10.6. The maximum Gasteiger partial charge on any atom is 0.341 e. The number of nitrogens with one attached hydrogen (secondary N) is 1. The van der Waals surface area contributed by atoms with Gasteiger partial charge in [0.15, 0.2) is 0 Å². The highest BCUT2D eigenvalue weighted by Gasteiger charge is 2.18. The largest absolute Gasteiger partial charge is 0.489 e. The second kappa shape index (κ2) is 8.05. The van der Waals surface area contributed by atoms with E-state index < -0.39 is 5.97 Å². The number of pyridine rings is 1. The predicted octanol–water partition coefficient (Wildman–Crippen LogP) is 2.99. The van der Waals surface area contributed by atoms with Crippen LogP contribution in [0.3, 0.4) is 0 Å². The van der Waals surface area contributed by atoms with Gasteiger partial charge in [0.05, 0.1) is 16.9 Å². The zero-order valence-electron chi connectivity index (χ0n) is 14.9. The highest BCUT2D eigenvalue weighted by atomic mass is 32.1. The predicted molar refractivity (Wildman–Crippen MR) is 104 cm³/mol. The van der Waals surface area contributed by atoms with Crippen molar-refractivity contribution in [3.05, 3.63) is 52.5 Å². The SMILES string of the molecule is CCOC(=O)c1cnc(N)c2c(COc3cccc(C(=O)NC)c3)csc12. The quantitative estimate of drug-likeness (QED) is 0.632. The number of carbonyl (C=O) groups is 2. The summed E-state index contributed by atoms with van der Waals surface area (Å²) in [5.74, 6) is 0.275. The van der Waals surface area contributed by atoms with Crippen LogP contribution >= 0.6 is 11.3 Å². The third-order valence-electron chi connectivity index (χ3n) is 3.91. The molecule has 1 amide bonds. The first-order chi connectivity index (χ1) is 13.0. The smallest absolute Gasteiger partial charge is 0.341 e. The highest BCUT2D eigenvalue weighted by Crippen LogP contribution is 2.33. The molecule has 0 saturated carbocycles. The number of carbonyl (C=O) groups excluding carboxylic acids is 2. The Hall–Kier alpha value is -3.13. The van der Waals surface area contributed by atoms with Crippen LogP contribution in [0.2, 0.25) is 0 Å². The summed E-state index contributed by atoms with van der Waals surface area (Å²) < 4.78 is 11.6. The zero-order chi connectivity index (χ0) is 19.4. The van der Waals surface area contributed by atoms with Crippen molar-refractivity contribution < 1.29 is 19.1 Å². The van der Waals surface area contributed by atoms with Crippen molar-refractivity contribution in [2.45, 2.75) is 13.5 Å². The minimum Gasteiger partial charge on any atom is -0.489 e. The van der Waals surface area contributed by atoms with Gasteiger partial charge in [-0.1, -0.05) is 6.07 Å². The number of nitrogens with zero attached hydrogens (tertiary/aromatic N) is 1. The number of anilines is 1. The first-order valence-corrected chi connectivity index (χ1v) is 9.19. The summed E-state index contributed by atoms with van der Waals surface area (Å²) in [4.78, 5) is 28.0. The molecule has 3 aromatic rings. The van der Waals surface area contributed by atoms with Gasteiger partial charge >= 0.3 is 5.97 Å². The number of nitrogens with two attached hydrogens (primary N) is 1. The number of thiophene rings is 1. The molecule has 2 aromatic heterocycles. The molecule has 0 aliphatic heterocycles. The summed E-state index contributed by atoms with van der Waals surface area (Å²) in [6.45, 7) is 2.27. The summed E-state index contributed by atoms with van der Waals surface area (Å²) in [5.41, 5.74) is 7.74. The van der Waals surface area contributed by atoms with Crippen molar-refractivity contribution in [1.82, 2.24) is 10.3 Å². The molecular weight excluding hydrogens is 366 g/mol. The fourth-order valence-corrected chi connectivity index (χ4v) is 3.69. The van der Waals surface area contributed by atoms with E-state index in [1.165, 1.54) is 17.5 Å². The molecule has 0 aliphatic carbocycles. The van der Waals surface area contributed by atoms with Crippen LogP contribution in [-0.2, 0) is 11.3 Å². The number of ether oxygens (including phenoxy) is 2. The molecule has 8 heteroatoms. The Morgan fingerprint density at radius 3 is 2.89 bits per heavy atom. The van der Waals surface area contributed by atoms with Crippen molar-refractivity contribution in [2.24, 2.45) is 0 Å². The molecule has 3 N–H and O–H groups in total. The standard InChI is InChI=1S/C19H19N3O4S/c1-3-25-19(24)14-8-22-17(20)15-12(10-27-16(14)15)9-26-13-6-4-5-11(7-13)18(23)21-2/h4-8,10H,3,9H2,1-2H3,(H2,20,22)(H,21,23). The molecule has 3 rings (SSSR count). The summed E-state index contributed by atoms with van der Waals surface area (Å²) >= 11 is 1.39. The lowest BCUT2D eigenvalue weighted by atomic mass is 10.1. The van der Waals surface area contributed by atoms with Crippen molar-refractivity contribution in [3.63, 3.8) is 0 Å². The van der Waals surface area contributed by atoms with Crippen LogP contribution in [0.25, 0.3) is 10.1 Å². The number of hydrogen-bond donors (Lipinski definition) is 2. The van der Waals surface area contributed by atoms with Crippen LogP contribution in [0.4, 0.5) is 5.82 Å². The van der Waals surface area contributed by atoms with Crippen molar-refractivity contribution in [3.8, 4) is 5.75 Å².